The Morgan fingerprint density at radius 1 is 0.980 bits per heavy atom. The molecule has 2 aromatic heterocycles. The lowest BCUT2D eigenvalue weighted by Gasteiger charge is -2.41. The number of fused-ring (bicyclic) bond motifs is 1. The summed E-state index contributed by atoms with van der Waals surface area (Å²) in [4.78, 5) is 14.6. The minimum absolute atomic E-state index is 0.393. The second kappa shape index (κ2) is 14.1. The van der Waals surface area contributed by atoms with E-state index in [1.165, 1.54) is 0 Å². The predicted octanol–water partition coefficient (Wildman–Crippen LogP) is 6.41. The first-order valence-electron chi connectivity index (χ1n) is 16.7. The number of piperidine rings is 1. The van der Waals surface area contributed by atoms with Crippen molar-refractivity contribution in [3.63, 3.8) is 0 Å². The highest BCUT2D eigenvalue weighted by Crippen LogP contribution is 2.43. The standard InChI is InChI=1S/C36H43BrN9O2P/c1-44-23-25(21-40-44)28-19-31(33(48-2)20-32(28)46-15-11-26(12-16-46)45-17-13-38-14-18-45)42-36-39-22-29(37)35(43-36)41-30-10-9-24-7-5-6-8-27(24)34(30)49(3,4)47/h5-10,19-23,26,38H,11-18H2,1-4H3,(H2,39,41,42,43). The van der Waals surface area contributed by atoms with Gasteiger partial charge >= 0.3 is 0 Å². The van der Waals surface area contributed by atoms with Gasteiger partial charge in [-0.3, -0.25) is 9.58 Å². The molecule has 4 heterocycles. The van der Waals surface area contributed by atoms with Crippen LogP contribution in [-0.2, 0) is 11.6 Å². The fourth-order valence-corrected chi connectivity index (χ4v) is 8.89. The summed E-state index contributed by atoms with van der Waals surface area (Å²) in [6.07, 6.45) is 7.91. The van der Waals surface area contributed by atoms with Gasteiger partial charge in [-0.2, -0.15) is 10.1 Å². The van der Waals surface area contributed by atoms with Gasteiger partial charge in [0.2, 0.25) is 5.95 Å². The fourth-order valence-electron chi connectivity index (χ4n) is 7.11. The number of hydrogen-bond acceptors (Lipinski definition) is 10. The molecular formula is C36H43BrN9O2P. The smallest absolute Gasteiger partial charge is 0.229 e. The van der Waals surface area contributed by atoms with Gasteiger partial charge in [-0.1, -0.05) is 30.3 Å². The normalized spacial score (nSPS) is 16.2. The van der Waals surface area contributed by atoms with E-state index in [1.54, 1.807) is 26.6 Å². The molecule has 0 unspecified atom stereocenters. The summed E-state index contributed by atoms with van der Waals surface area (Å²) < 4.78 is 22.0. The molecule has 0 saturated carbocycles. The molecule has 0 atom stereocenters. The van der Waals surface area contributed by atoms with Crippen molar-refractivity contribution in [3.05, 3.63) is 71.6 Å². The topological polar surface area (TPSA) is 112 Å². The third-order valence-electron chi connectivity index (χ3n) is 9.49. The van der Waals surface area contributed by atoms with Crippen LogP contribution in [0.3, 0.4) is 0 Å². The molecule has 3 aromatic carbocycles. The first kappa shape index (κ1) is 33.5. The number of piperazine rings is 1. The van der Waals surface area contributed by atoms with Crippen LogP contribution in [0.5, 0.6) is 5.75 Å². The van der Waals surface area contributed by atoms with Crippen molar-refractivity contribution in [3.8, 4) is 16.9 Å². The second-order valence-corrected chi connectivity index (χ2v) is 17.2. The maximum atomic E-state index is 13.6. The Balaban J connectivity index is 1.20. The third kappa shape index (κ3) is 7.19. The van der Waals surface area contributed by atoms with E-state index in [2.05, 4.69) is 63.9 Å². The minimum Gasteiger partial charge on any atom is -0.494 e. The average molecular weight is 745 g/mol. The van der Waals surface area contributed by atoms with Crippen LogP contribution in [0.15, 0.2) is 71.6 Å². The molecule has 11 nitrogen and oxygen atoms in total. The number of benzene rings is 3. The maximum Gasteiger partial charge on any atom is 0.229 e. The maximum absolute atomic E-state index is 13.6. The molecular weight excluding hydrogens is 701 g/mol. The van der Waals surface area contributed by atoms with Crippen LogP contribution >= 0.6 is 23.1 Å². The van der Waals surface area contributed by atoms with Crippen LogP contribution in [0.4, 0.5) is 28.8 Å². The summed E-state index contributed by atoms with van der Waals surface area (Å²) in [7, 11) is 0.966. The minimum atomic E-state index is -2.66. The summed E-state index contributed by atoms with van der Waals surface area (Å²) in [5.41, 5.74) is 4.71. The van der Waals surface area contributed by atoms with Crippen LogP contribution in [0, 0.1) is 0 Å². The van der Waals surface area contributed by atoms with Crippen molar-refractivity contribution in [2.45, 2.75) is 18.9 Å². The van der Waals surface area contributed by atoms with Gasteiger partial charge in [0.1, 0.15) is 18.7 Å². The lowest BCUT2D eigenvalue weighted by Crippen LogP contribution is -2.52. The van der Waals surface area contributed by atoms with E-state index in [0.717, 1.165) is 96.4 Å². The van der Waals surface area contributed by atoms with Gasteiger partial charge in [-0.05, 0) is 65.0 Å². The lowest BCUT2D eigenvalue weighted by molar-refractivity contribution is 0.150. The number of nitrogens with one attached hydrogen (secondary N) is 3. The van der Waals surface area contributed by atoms with Gasteiger partial charge in [0.15, 0.2) is 0 Å². The number of rotatable bonds is 9. The monoisotopic (exact) mass is 743 g/mol. The number of anilines is 5. The Morgan fingerprint density at radius 3 is 2.47 bits per heavy atom. The molecule has 3 N–H and O–H groups in total. The van der Waals surface area contributed by atoms with E-state index in [1.807, 2.05) is 60.5 Å². The fraction of sp³-hybridized carbons (Fsp3) is 0.361. The molecule has 256 valence electrons. The Morgan fingerprint density at radius 2 is 1.76 bits per heavy atom. The van der Waals surface area contributed by atoms with E-state index >= 15 is 0 Å². The first-order valence-corrected chi connectivity index (χ1v) is 20.1. The van der Waals surface area contributed by atoms with Crippen molar-refractivity contribution in [1.29, 1.82) is 0 Å². The van der Waals surface area contributed by atoms with E-state index < -0.39 is 7.14 Å². The number of hydrogen-bond donors (Lipinski definition) is 3. The predicted molar refractivity (Wildman–Crippen MR) is 204 cm³/mol. The van der Waals surface area contributed by atoms with Crippen LogP contribution in [-0.4, -0.2) is 90.4 Å². The zero-order chi connectivity index (χ0) is 34.1. The summed E-state index contributed by atoms with van der Waals surface area (Å²) in [5, 5.41) is 17.6. The number of aromatic nitrogens is 4. The van der Waals surface area contributed by atoms with E-state index in [4.69, 9.17) is 9.72 Å². The van der Waals surface area contributed by atoms with Crippen LogP contribution in [0.1, 0.15) is 12.8 Å². The van der Waals surface area contributed by atoms with Crippen molar-refractivity contribution >= 4 is 68.0 Å². The number of nitrogens with zero attached hydrogens (tertiary/aromatic N) is 6. The van der Waals surface area contributed by atoms with Gasteiger partial charge < -0.3 is 30.2 Å². The molecule has 49 heavy (non-hydrogen) atoms. The van der Waals surface area contributed by atoms with Crippen molar-refractivity contribution in [2.24, 2.45) is 7.05 Å². The van der Waals surface area contributed by atoms with Crippen molar-refractivity contribution in [2.75, 3.05) is 75.2 Å². The molecule has 0 aliphatic carbocycles. The average Bonchev–Trinajstić information content (AvgIpc) is 3.55. The van der Waals surface area contributed by atoms with E-state index in [9.17, 15) is 4.57 Å². The van der Waals surface area contributed by atoms with Gasteiger partial charge in [-0.25, -0.2) is 4.98 Å². The van der Waals surface area contributed by atoms with Crippen LogP contribution in [0.25, 0.3) is 21.9 Å². The highest BCUT2D eigenvalue weighted by Gasteiger charge is 2.28. The molecule has 0 bridgehead atoms. The third-order valence-corrected chi connectivity index (χ3v) is 11.6. The van der Waals surface area contributed by atoms with Gasteiger partial charge in [-0.15, -0.1) is 0 Å². The summed E-state index contributed by atoms with van der Waals surface area (Å²) in [6, 6.07) is 16.9. The zero-order valence-corrected chi connectivity index (χ0v) is 30.9. The van der Waals surface area contributed by atoms with Gasteiger partial charge in [0, 0.05) is 92.9 Å². The molecule has 13 heteroatoms. The molecule has 2 saturated heterocycles. The number of halogens is 1. The van der Waals surface area contributed by atoms with Gasteiger partial charge in [0.05, 0.1) is 29.2 Å². The van der Waals surface area contributed by atoms with Crippen LogP contribution < -0.4 is 30.9 Å². The van der Waals surface area contributed by atoms with E-state index in [0.29, 0.717) is 28.0 Å². The number of methoxy groups -OCH3 is 1. The Kier molecular flexibility index (Phi) is 9.66. The highest BCUT2D eigenvalue weighted by molar-refractivity contribution is 9.10. The zero-order valence-electron chi connectivity index (χ0n) is 28.4. The van der Waals surface area contributed by atoms with E-state index in [-0.39, 0.29) is 0 Å². The van der Waals surface area contributed by atoms with Crippen molar-refractivity contribution in [1.82, 2.24) is 30.0 Å². The van der Waals surface area contributed by atoms with Gasteiger partial charge in [0.25, 0.3) is 0 Å². The summed E-state index contributed by atoms with van der Waals surface area (Å²) in [6.45, 7) is 9.93. The second-order valence-electron chi connectivity index (χ2n) is 13.2. The number of aryl methyl sites for hydroxylation is 1. The molecule has 0 amide bonds. The Hall–Kier alpha value is -3.96. The molecule has 0 radical (unpaired) electrons. The SMILES string of the molecule is COc1cc(N2CCC(N3CCNCC3)CC2)c(-c2cnn(C)c2)cc1Nc1ncc(Br)c(Nc2ccc3ccccc3c2P(C)(C)=O)n1. The molecule has 0 spiro atoms. The molecule has 2 aliphatic rings. The molecule has 2 fully saturated rings. The summed E-state index contributed by atoms with van der Waals surface area (Å²) >= 11 is 3.62. The first-order chi connectivity index (χ1) is 23.7. The molecule has 5 aromatic rings. The number of ether oxygens (including phenoxy) is 1. The molecule has 2 aliphatic heterocycles. The lowest BCUT2D eigenvalue weighted by atomic mass is 9.98. The Labute approximate surface area is 296 Å². The van der Waals surface area contributed by atoms with Crippen LogP contribution in [0.2, 0.25) is 0 Å². The largest absolute Gasteiger partial charge is 0.494 e. The van der Waals surface area contributed by atoms with Crippen molar-refractivity contribution < 1.29 is 9.30 Å². The summed E-state index contributed by atoms with van der Waals surface area (Å²) in [5.74, 6) is 1.64. The highest BCUT2D eigenvalue weighted by atomic mass is 79.9. The molecule has 7 rings (SSSR count). The Bertz CT molecular complexity index is 2020. The quantitative estimate of drug-likeness (QED) is 0.147.